The Balaban J connectivity index is 2.46. The van der Waals surface area contributed by atoms with Gasteiger partial charge in [0.1, 0.15) is 0 Å². The number of methoxy groups -OCH3 is 2. The van der Waals surface area contributed by atoms with Crippen molar-refractivity contribution in [2.45, 2.75) is 6.42 Å². The smallest absolute Gasteiger partial charge is 0.306 e. The van der Waals surface area contributed by atoms with Crippen LogP contribution in [0.25, 0.3) is 0 Å². The molecule has 0 saturated carbocycles. The standard InChI is InChI=1S/C13H20N4O4/c1-20-9-8-17(7-4-12(19)21-2)10-11(18)16-13-14-5-3-6-15-13/h3,5-6H,4,7-10H2,1-2H3,(H,14,15,16,18). The maximum absolute atomic E-state index is 11.9. The van der Waals surface area contributed by atoms with Crippen molar-refractivity contribution in [1.82, 2.24) is 14.9 Å². The Labute approximate surface area is 123 Å². The summed E-state index contributed by atoms with van der Waals surface area (Å²) < 4.78 is 9.58. The lowest BCUT2D eigenvalue weighted by molar-refractivity contribution is -0.141. The van der Waals surface area contributed by atoms with Crippen molar-refractivity contribution in [1.29, 1.82) is 0 Å². The average molecular weight is 296 g/mol. The Morgan fingerprint density at radius 3 is 2.57 bits per heavy atom. The third kappa shape index (κ3) is 7.33. The van der Waals surface area contributed by atoms with E-state index in [2.05, 4.69) is 20.0 Å². The van der Waals surface area contributed by atoms with Crippen LogP contribution in [0.2, 0.25) is 0 Å². The highest BCUT2D eigenvalue weighted by Crippen LogP contribution is 1.98. The highest BCUT2D eigenvalue weighted by Gasteiger charge is 2.13. The van der Waals surface area contributed by atoms with E-state index in [4.69, 9.17) is 4.74 Å². The first-order chi connectivity index (χ1) is 10.2. The Morgan fingerprint density at radius 2 is 1.95 bits per heavy atom. The molecule has 0 bridgehead atoms. The van der Waals surface area contributed by atoms with Gasteiger partial charge in [0.25, 0.3) is 0 Å². The molecule has 8 heteroatoms. The van der Waals surface area contributed by atoms with Gasteiger partial charge in [-0.3, -0.25) is 19.8 Å². The number of rotatable bonds is 9. The second-order valence-corrected chi connectivity index (χ2v) is 4.22. The van der Waals surface area contributed by atoms with Crippen LogP contribution in [0, 0.1) is 0 Å². The molecule has 0 atom stereocenters. The van der Waals surface area contributed by atoms with Crippen molar-refractivity contribution in [3.63, 3.8) is 0 Å². The van der Waals surface area contributed by atoms with Crippen molar-refractivity contribution in [2.24, 2.45) is 0 Å². The monoisotopic (exact) mass is 296 g/mol. The van der Waals surface area contributed by atoms with Crippen LogP contribution in [-0.2, 0) is 19.1 Å². The highest BCUT2D eigenvalue weighted by molar-refractivity contribution is 5.90. The molecule has 0 aliphatic heterocycles. The van der Waals surface area contributed by atoms with Crippen LogP contribution in [0.4, 0.5) is 5.95 Å². The lowest BCUT2D eigenvalue weighted by atomic mass is 10.3. The summed E-state index contributed by atoms with van der Waals surface area (Å²) in [5.74, 6) is -0.312. The molecule has 1 rings (SSSR count). The topological polar surface area (TPSA) is 93.6 Å². The Morgan fingerprint density at radius 1 is 1.24 bits per heavy atom. The van der Waals surface area contributed by atoms with Crippen LogP contribution < -0.4 is 5.32 Å². The number of nitrogens with zero attached hydrogens (tertiary/aromatic N) is 3. The molecular weight excluding hydrogens is 276 g/mol. The van der Waals surface area contributed by atoms with Crippen LogP contribution in [-0.4, -0.2) is 67.2 Å². The van der Waals surface area contributed by atoms with Gasteiger partial charge >= 0.3 is 5.97 Å². The first-order valence-corrected chi connectivity index (χ1v) is 6.50. The number of anilines is 1. The minimum absolute atomic E-state index is 0.124. The maximum Gasteiger partial charge on any atom is 0.306 e. The van der Waals surface area contributed by atoms with Crippen LogP contribution in [0.1, 0.15) is 6.42 Å². The number of hydrogen-bond acceptors (Lipinski definition) is 7. The molecule has 0 aliphatic rings. The fourth-order valence-corrected chi connectivity index (χ4v) is 1.57. The molecule has 0 aliphatic carbocycles. The van der Waals surface area contributed by atoms with Gasteiger partial charge in [-0.25, -0.2) is 9.97 Å². The van der Waals surface area contributed by atoms with E-state index in [1.165, 1.54) is 7.11 Å². The average Bonchev–Trinajstić information content (AvgIpc) is 2.50. The predicted molar refractivity (Wildman–Crippen MR) is 75.6 cm³/mol. The number of nitrogens with one attached hydrogen (secondary N) is 1. The molecule has 1 heterocycles. The number of hydrogen-bond donors (Lipinski definition) is 1. The third-order valence-corrected chi connectivity index (χ3v) is 2.66. The van der Waals surface area contributed by atoms with Crippen LogP contribution >= 0.6 is 0 Å². The van der Waals surface area contributed by atoms with Gasteiger partial charge in [-0.05, 0) is 6.07 Å². The van der Waals surface area contributed by atoms with E-state index < -0.39 is 0 Å². The van der Waals surface area contributed by atoms with E-state index in [9.17, 15) is 9.59 Å². The molecule has 1 amide bonds. The predicted octanol–water partition coefficient (Wildman–Crippen LogP) is -0.0734. The number of carbonyl (C=O) groups is 2. The molecule has 0 fully saturated rings. The quantitative estimate of drug-likeness (QED) is 0.637. The zero-order valence-electron chi connectivity index (χ0n) is 12.2. The molecule has 0 aromatic carbocycles. The van der Waals surface area contributed by atoms with Crippen LogP contribution in [0.3, 0.4) is 0 Å². The van der Waals surface area contributed by atoms with Crippen molar-refractivity contribution >= 4 is 17.8 Å². The highest BCUT2D eigenvalue weighted by atomic mass is 16.5. The van der Waals surface area contributed by atoms with Gasteiger partial charge in [0.05, 0.1) is 26.7 Å². The zero-order valence-corrected chi connectivity index (χ0v) is 12.2. The Kier molecular flexibility index (Phi) is 7.92. The van der Waals surface area contributed by atoms with E-state index >= 15 is 0 Å². The van der Waals surface area contributed by atoms with E-state index in [-0.39, 0.29) is 30.8 Å². The molecule has 0 radical (unpaired) electrons. The van der Waals surface area contributed by atoms with E-state index in [1.54, 1.807) is 30.5 Å². The van der Waals surface area contributed by atoms with E-state index in [0.717, 1.165) is 0 Å². The summed E-state index contributed by atoms with van der Waals surface area (Å²) in [4.78, 5) is 32.7. The molecule has 8 nitrogen and oxygen atoms in total. The minimum Gasteiger partial charge on any atom is -0.469 e. The summed E-state index contributed by atoms with van der Waals surface area (Å²) >= 11 is 0. The normalized spacial score (nSPS) is 10.4. The summed E-state index contributed by atoms with van der Waals surface area (Å²) in [6.07, 6.45) is 3.31. The molecule has 0 unspecified atom stereocenters. The fraction of sp³-hybridized carbons (Fsp3) is 0.538. The molecule has 1 aromatic heterocycles. The van der Waals surface area contributed by atoms with Gasteiger partial charge in [-0.2, -0.15) is 0 Å². The van der Waals surface area contributed by atoms with Crippen LogP contribution in [0.15, 0.2) is 18.5 Å². The van der Waals surface area contributed by atoms with E-state index in [1.807, 2.05) is 0 Å². The summed E-state index contributed by atoms with van der Waals surface area (Å²) in [6.45, 7) is 1.55. The maximum atomic E-state index is 11.9. The van der Waals surface area contributed by atoms with Gasteiger partial charge in [-0.15, -0.1) is 0 Å². The number of carbonyl (C=O) groups excluding carboxylic acids is 2. The SMILES string of the molecule is COCCN(CCC(=O)OC)CC(=O)Nc1ncccn1. The van der Waals surface area contributed by atoms with Gasteiger partial charge in [0.15, 0.2) is 0 Å². The molecule has 1 aromatic rings. The van der Waals surface area contributed by atoms with Gasteiger partial charge in [0, 0.05) is 32.6 Å². The second-order valence-electron chi connectivity index (χ2n) is 4.22. The zero-order chi connectivity index (χ0) is 15.5. The molecule has 0 saturated heterocycles. The number of ether oxygens (including phenoxy) is 2. The van der Waals surface area contributed by atoms with Crippen molar-refractivity contribution in [3.05, 3.63) is 18.5 Å². The van der Waals surface area contributed by atoms with Crippen molar-refractivity contribution in [2.75, 3.05) is 45.8 Å². The Bertz CT molecular complexity index is 441. The largest absolute Gasteiger partial charge is 0.469 e. The molecule has 1 N–H and O–H groups in total. The summed E-state index contributed by atoms with van der Waals surface area (Å²) in [5, 5.41) is 2.59. The van der Waals surface area contributed by atoms with Gasteiger partial charge in [-0.1, -0.05) is 0 Å². The lowest BCUT2D eigenvalue weighted by Gasteiger charge is -2.20. The number of esters is 1. The van der Waals surface area contributed by atoms with Crippen molar-refractivity contribution < 1.29 is 19.1 Å². The van der Waals surface area contributed by atoms with Crippen molar-refractivity contribution in [3.8, 4) is 0 Å². The number of aromatic nitrogens is 2. The van der Waals surface area contributed by atoms with Crippen LogP contribution in [0.5, 0.6) is 0 Å². The number of amides is 1. The molecule has 116 valence electrons. The molecule has 21 heavy (non-hydrogen) atoms. The Hall–Kier alpha value is -2.06. The first kappa shape index (κ1) is 17.0. The van der Waals surface area contributed by atoms with Gasteiger partial charge < -0.3 is 9.47 Å². The second kappa shape index (κ2) is 9.78. The van der Waals surface area contributed by atoms with E-state index in [0.29, 0.717) is 19.7 Å². The van der Waals surface area contributed by atoms with Gasteiger partial charge in [0.2, 0.25) is 11.9 Å². The lowest BCUT2D eigenvalue weighted by Crippen LogP contribution is -2.37. The minimum atomic E-state index is -0.316. The third-order valence-electron chi connectivity index (χ3n) is 2.66. The summed E-state index contributed by atoms with van der Waals surface area (Å²) in [5.41, 5.74) is 0. The molecular formula is C13H20N4O4. The first-order valence-electron chi connectivity index (χ1n) is 6.50. The fourth-order valence-electron chi connectivity index (χ4n) is 1.57. The summed E-state index contributed by atoms with van der Waals surface area (Å²) in [6, 6.07) is 1.66. The summed E-state index contributed by atoms with van der Waals surface area (Å²) in [7, 11) is 2.91. The molecule has 0 spiro atoms.